The van der Waals surface area contributed by atoms with E-state index < -0.39 is 0 Å². The number of piperidine rings is 1. The Hall–Kier alpha value is -2.86. The fourth-order valence-corrected chi connectivity index (χ4v) is 4.70. The van der Waals surface area contributed by atoms with Crippen molar-refractivity contribution in [2.24, 2.45) is 0 Å². The number of benzene rings is 2. The van der Waals surface area contributed by atoms with Crippen LogP contribution in [0.4, 0.5) is 16.2 Å². The van der Waals surface area contributed by atoms with Gasteiger partial charge in [-0.3, -0.25) is 14.6 Å². The van der Waals surface area contributed by atoms with E-state index >= 15 is 0 Å². The molecular formula is C26H34N4O2. The number of para-hydroxylation sites is 1. The van der Waals surface area contributed by atoms with Crippen LogP contribution in [0.5, 0.6) is 0 Å². The van der Waals surface area contributed by atoms with Gasteiger partial charge in [-0.25, -0.2) is 4.79 Å². The van der Waals surface area contributed by atoms with Gasteiger partial charge in [-0.1, -0.05) is 24.6 Å². The van der Waals surface area contributed by atoms with Crippen molar-refractivity contribution >= 4 is 23.3 Å². The minimum atomic E-state index is -0.132. The summed E-state index contributed by atoms with van der Waals surface area (Å²) in [7, 11) is 0. The van der Waals surface area contributed by atoms with E-state index in [0.29, 0.717) is 30.4 Å². The highest BCUT2D eigenvalue weighted by molar-refractivity contribution is 6.02. The van der Waals surface area contributed by atoms with Gasteiger partial charge in [-0.15, -0.1) is 0 Å². The first-order chi connectivity index (χ1) is 15.6. The number of anilines is 2. The average molecular weight is 435 g/mol. The molecule has 2 aliphatic rings. The zero-order valence-corrected chi connectivity index (χ0v) is 19.0. The number of carbonyl (C=O) groups is 2. The number of fused-ring (bicyclic) bond motifs is 1. The number of aryl methyl sites for hydroxylation is 1. The zero-order chi connectivity index (χ0) is 22.3. The molecule has 2 aromatic carbocycles. The Morgan fingerprint density at radius 1 is 0.969 bits per heavy atom. The first kappa shape index (κ1) is 22.3. The number of nitrogens with one attached hydrogen (secondary N) is 2. The van der Waals surface area contributed by atoms with Crippen molar-refractivity contribution in [2.45, 2.75) is 51.5 Å². The average Bonchev–Trinajstić information content (AvgIpc) is 3.03. The summed E-state index contributed by atoms with van der Waals surface area (Å²) in [4.78, 5) is 29.7. The van der Waals surface area contributed by atoms with Gasteiger partial charge in [0, 0.05) is 42.6 Å². The van der Waals surface area contributed by atoms with Gasteiger partial charge in [0.1, 0.15) is 0 Å². The van der Waals surface area contributed by atoms with Gasteiger partial charge in [0.25, 0.3) is 5.91 Å². The third-order valence-electron chi connectivity index (χ3n) is 6.63. The lowest BCUT2D eigenvalue weighted by atomic mass is 10.0. The summed E-state index contributed by atoms with van der Waals surface area (Å²) < 4.78 is 0. The number of amides is 3. The highest BCUT2D eigenvalue weighted by atomic mass is 16.2. The summed E-state index contributed by atoms with van der Waals surface area (Å²) in [6.45, 7) is 5.62. The second-order valence-corrected chi connectivity index (χ2v) is 8.88. The van der Waals surface area contributed by atoms with E-state index in [0.717, 1.165) is 38.0 Å². The van der Waals surface area contributed by atoms with Crippen LogP contribution in [-0.2, 0) is 6.42 Å². The first-order valence-electron chi connectivity index (χ1n) is 11.9. The van der Waals surface area contributed by atoms with Crippen LogP contribution in [-0.4, -0.2) is 49.1 Å². The van der Waals surface area contributed by atoms with Gasteiger partial charge in [0.15, 0.2) is 0 Å². The fourth-order valence-electron chi connectivity index (χ4n) is 4.70. The zero-order valence-electron chi connectivity index (χ0n) is 19.0. The first-order valence-corrected chi connectivity index (χ1v) is 11.9. The van der Waals surface area contributed by atoms with Crippen molar-refractivity contribution in [3.63, 3.8) is 0 Å². The summed E-state index contributed by atoms with van der Waals surface area (Å²) in [5.74, 6) is -0.0750. The maximum atomic E-state index is 13.0. The standard InChI is InChI=1S/C26H34N4O2/c1-20-8-4-6-17-29(20)19-16-27-25(31)22-12-14-23(15-13-22)28-26(32)30-18-7-5-10-21-9-2-3-11-24(21)30/h2-3,9,11-15,20H,4-8,10,16-19H2,1H3,(H,27,31)(H,28,32)/t20-/m0/s1. The molecule has 0 spiro atoms. The van der Waals surface area contributed by atoms with Gasteiger partial charge in [-0.05, 0) is 81.5 Å². The number of likely N-dealkylation sites (tertiary alicyclic amines) is 1. The Bertz CT molecular complexity index is 928. The summed E-state index contributed by atoms with van der Waals surface area (Å²) in [6, 6.07) is 15.7. The lowest BCUT2D eigenvalue weighted by Gasteiger charge is -2.33. The lowest BCUT2D eigenvalue weighted by molar-refractivity contribution is 0.0938. The van der Waals surface area contributed by atoms with Crippen molar-refractivity contribution in [1.82, 2.24) is 10.2 Å². The molecule has 0 radical (unpaired) electrons. The number of hydrogen-bond acceptors (Lipinski definition) is 3. The predicted octanol–water partition coefficient (Wildman–Crippen LogP) is 4.67. The smallest absolute Gasteiger partial charge is 0.326 e. The maximum absolute atomic E-state index is 13.0. The van der Waals surface area contributed by atoms with E-state index in [1.165, 1.54) is 24.8 Å². The molecule has 2 heterocycles. The highest BCUT2D eigenvalue weighted by Crippen LogP contribution is 2.26. The Balaban J connectivity index is 1.30. The van der Waals surface area contributed by atoms with Crippen molar-refractivity contribution in [3.05, 3.63) is 59.7 Å². The SMILES string of the molecule is C[C@H]1CCCCN1CCNC(=O)c1ccc(NC(=O)N2CCCCc3ccccc32)cc1. The fraction of sp³-hybridized carbons (Fsp3) is 0.462. The monoisotopic (exact) mass is 434 g/mol. The molecule has 2 N–H and O–H groups in total. The summed E-state index contributed by atoms with van der Waals surface area (Å²) in [5, 5.41) is 6.01. The summed E-state index contributed by atoms with van der Waals surface area (Å²) in [5.41, 5.74) is 3.50. The van der Waals surface area contributed by atoms with E-state index in [9.17, 15) is 9.59 Å². The lowest BCUT2D eigenvalue weighted by Crippen LogP contribution is -2.42. The van der Waals surface area contributed by atoms with E-state index in [-0.39, 0.29) is 11.9 Å². The van der Waals surface area contributed by atoms with E-state index in [1.54, 1.807) is 24.3 Å². The van der Waals surface area contributed by atoms with Gasteiger partial charge < -0.3 is 10.6 Å². The van der Waals surface area contributed by atoms with E-state index in [1.807, 2.05) is 23.1 Å². The molecular weight excluding hydrogens is 400 g/mol. The summed E-state index contributed by atoms with van der Waals surface area (Å²) in [6.07, 6.45) is 6.86. The minimum Gasteiger partial charge on any atom is -0.351 e. The largest absolute Gasteiger partial charge is 0.351 e. The molecule has 1 saturated heterocycles. The van der Waals surface area contributed by atoms with Crippen molar-refractivity contribution in [2.75, 3.05) is 36.4 Å². The third-order valence-corrected chi connectivity index (χ3v) is 6.63. The van der Waals surface area contributed by atoms with Crippen LogP contribution >= 0.6 is 0 Å². The Morgan fingerprint density at radius 3 is 2.56 bits per heavy atom. The Kier molecular flexibility index (Phi) is 7.43. The van der Waals surface area contributed by atoms with Gasteiger partial charge >= 0.3 is 6.03 Å². The predicted molar refractivity (Wildman–Crippen MR) is 129 cm³/mol. The number of hydrogen-bond donors (Lipinski definition) is 2. The topological polar surface area (TPSA) is 64.7 Å². The second-order valence-electron chi connectivity index (χ2n) is 8.88. The highest BCUT2D eigenvalue weighted by Gasteiger charge is 2.21. The summed E-state index contributed by atoms with van der Waals surface area (Å²) >= 11 is 0. The molecule has 6 nitrogen and oxygen atoms in total. The number of rotatable bonds is 5. The normalized spacial score (nSPS) is 19.0. The van der Waals surface area contributed by atoms with Crippen LogP contribution in [0.15, 0.2) is 48.5 Å². The molecule has 0 bridgehead atoms. The quantitative estimate of drug-likeness (QED) is 0.719. The minimum absolute atomic E-state index is 0.0750. The van der Waals surface area contributed by atoms with Crippen LogP contribution in [0.1, 0.15) is 54.9 Å². The number of urea groups is 1. The Labute approximate surface area is 191 Å². The molecule has 1 atom stereocenters. The Morgan fingerprint density at radius 2 is 1.75 bits per heavy atom. The van der Waals surface area contributed by atoms with Crippen molar-refractivity contribution in [3.8, 4) is 0 Å². The van der Waals surface area contributed by atoms with Crippen LogP contribution in [0.3, 0.4) is 0 Å². The number of carbonyl (C=O) groups excluding carboxylic acids is 2. The third kappa shape index (κ3) is 5.49. The number of nitrogens with zero attached hydrogens (tertiary/aromatic N) is 2. The van der Waals surface area contributed by atoms with Crippen molar-refractivity contribution in [1.29, 1.82) is 0 Å². The molecule has 1 fully saturated rings. The van der Waals surface area contributed by atoms with Crippen LogP contribution in [0.2, 0.25) is 0 Å². The molecule has 2 aliphatic heterocycles. The molecule has 32 heavy (non-hydrogen) atoms. The van der Waals surface area contributed by atoms with Crippen LogP contribution in [0.25, 0.3) is 0 Å². The van der Waals surface area contributed by atoms with E-state index in [4.69, 9.17) is 0 Å². The van der Waals surface area contributed by atoms with E-state index in [2.05, 4.69) is 28.5 Å². The second kappa shape index (κ2) is 10.6. The molecule has 0 aliphatic carbocycles. The molecule has 3 amide bonds. The van der Waals surface area contributed by atoms with Gasteiger partial charge in [0.2, 0.25) is 0 Å². The van der Waals surface area contributed by atoms with Crippen LogP contribution in [0, 0.1) is 0 Å². The molecule has 2 aromatic rings. The molecule has 0 unspecified atom stereocenters. The van der Waals surface area contributed by atoms with Gasteiger partial charge in [0.05, 0.1) is 0 Å². The molecule has 4 rings (SSSR count). The van der Waals surface area contributed by atoms with Gasteiger partial charge in [-0.2, -0.15) is 0 Å². The van der Waals surface area contributed by atoms with Crippen LogP contribution < -0.4 is 15.5 Å². The molecule has 170 valence electrons. The molecule has 0 saturated carbocycles. The molecule has 6 heteroatoms. The maximum Gasteiger partial charge on any atom is 0.326 e. The van der Waals surface area contributed by atoms with Crippen molar-refractivity contribution < 1.29 is 9.59 Å². The molecule has 0 aromatic heterocycles.